The summed E-state index contributed by atoms with van der Waals surface area (Å²) in [5.74, 6) is -1.05. The molecule has 0 radical (unpaired) electrons. The zero-order valence-corrected chi connectivity index (χ0v) is 12.5. The van der Waals surface area contributed by atoms with Gasteiger partial charge in [-0.1, -0.05) is 30.3 Å². The van der Waals surface area contributed by atoms with E-state index < -0.39 is 18.1 Å². The van der Waals surface area contributed by atoms with E-state index in [1.807, 2.05) is 30.3 Å². The third-order valence-electron chi connectivity index (χ3n) is 2.15. The molecule has 0 aliphatic carbocycles. The lowest BCUT2D eigenvalue weighted by Gasteiger charge is -2.16. The number of carbonyl (C=O) groups excluding carboxylic acids is 1. The molecule has 0 fully saturated rings. The van der Waals surface area contributed by atoms with Crippen LogP contribution in [-0.4, -0.2) is 27.9 Å². The molecule has 3 N–H and O–H groups in total. The molecule has 0 spiro atoms. The second-order valence-electron chi connectivity index (χ2n) is 3.84. The van der Waals surface area contributed by atoms with Gasteiger partial charge in [-0.3, -0.25) is 9.59 Å². The highest BCUT2D eigenvalue weighted by molar-refractivity contribution is 9.18. The van der Waals surface area contributed by atoms with Gasteiger partial charge in [0.2, 0.25) is 0 Å². The van der Waals surface area contributed by atoms with Gasteiger partial charge in [-0.05, 0) is 28.4 Å². The van der Waals surface area contributed by atoms with Crippen molar-refractivity contribution in [1.29, 1.82) is 0 Å². The first-order chi connectivity index (χ1) is 8.84. The van der Waals surface area contributed by atoms with Crippen LogP contribution in [0.4, 0.5) is 0 Å². The summed E-state index contributed by atoms with van der Waals surface area (Å²) in [5.41, 5.74) is 6.40. The van der Waals surface area contributed by atoms with Gasteiger partial charge in [-0.2, -0.15) is 0 Å². The molecule has 2 atom stereocenters. The molecule has 19 heavy (non-hydrogen) atoms. The standard InChI is InChI=1S/C11H15NO3.C2H3BrO/c1-8(10(12)11(13)14)15-7-9-5-3-2-4-6-9;1-2(3)4/h2-6,8,10H,7,12H2,1H3,(H,13,14);1H3/t8-,10+;/m1./s1. The van der Waals surface area contributed by atoms with Crippen LogP contribution < -0.4 is 5.73 Å². The molecule has 1 aromatic rings. The van der Waals surface area contributed by atoms with Crippen molar-refractivity contribution in [3.63, 3.8) is 0 Å². The van der Waals surface area contributed by atoms with E-state index >= 15 is 0 Å². The highest BCUT2D eigenvalue weighted by Gasteiger charge is 2.20. The van der Waals surface area contributed by atoms with Crippen molar-refractivity contribution in [3.05, 3.63) is 35.9 Å². The maximum atomic E-state index is 10.5. The highest BCUT2D eigenvalue weighted by atomic mass is 79.9. The lowest BCUT2D eigenvalue weighted by atomic mass is 10.2. The minimum Gasteiger partial charge on any atom is -0.480 e. The van der Waals surface area contributed by atoms with E-state index in [0.717, 1.165) is 5.56 Å². The Kier molecular flexibility index (Phi) is 9.03. The molecular weight excluding hydrogens is 314 g/mol. The number of benzene rings is 1. The molecule has 0 unspecified atom stereocenters. The normalized spacial score (nSPS) is 12.8. The number of aliphatic carboxylic acids is 1. The zero-order valence-electron chi connectivity index (χ0n) is 10.9. The van der Waals surface area contributed by atoms with E-state index in [4.69, 9.17) is 15.6 Å². The number of rotatable bonds is 5. The molecule has 0 saturated carbocycles. The molecule has 5 nitrogen and oxygen atoms in total. The molecule has 0 aliphatic heterocycles. The first-order valence-corrected chi connectivity index (χ1v) is 6.44. The van der Waals surface area contributed by atoms with Crippen molar-refractivity contribution in [3.8, 4) is 0 Å². The minimum absolute atomic E-state index is 0.0208. The molecule has 0 aliphatic rings. The van der Waals surface area contributed by atoms with Gasteiger partial charge in [0, 0.05) is 6.92 Å². The Balaban J connectivity index is 0.000000711. The number of halogens is 1. The number of carboxylic acid groups (broad SMARTS) is 1. The van der Waals surface area contributed by atoms with Crippen molar-refractivity contribution in [2.75, 3.05) is 0 Å². The third-order valence-corrected chi connectivity index (χ3v) is 2.15. The summed E-state index contributed by atoms with van der Waals surface area (Å²) in [4.78, 5) is 19.9. The second-order valence-corrected chi connectivity index (χ2v) is 4.95. The number of carbonyl (C=O) groups is 2. The Morgan fingerprint density at radius 1 is 1.37 bits per heavy atom. The van der Waals surface area contributed by atoms with Gasteiger partial charge in [0.1, 0.15) is 6.04 Å². The summed E-state index contributed by atoms with van der Waals surface area (Å²) < 4.78 is 5.32. The summed E-state index contributed by atoms with van der Waals surface area (Å²) in [6, 6.07) is 8.57. The summed E-state index contributed by atoms with van der Waals surface area (Å²) in [7, 11) is 0. The Morgan fingerprint density at radius 2 is 1.84 bits per heavy atom. The minimum atomic E-state index is -1.05. The van der Waals surface area contributed by atoms with E-state index in [-0.39, 0.29) is 4.69 Å². The van der Waals surface area contributed by atoms with Crippen LogP contribution >= 0.6 is 15.9 Å². The predicted molar refractivity (Wildman–Crippen MR) is 75.9 cm³/mol. The monoisotopic (exact) mass is 331 g/mol. The average molecular weight is 332 g/mol. The lowest BCUT2D eigenvalue weighted by molar-refractivity contribution is -0.142. The van der Waals surface area contributed by atoms with Gasteiger partial charge in [0.25, 0.3) is 0 Å². The Hall–Kier alpha value is -1.24. The first kappa shape index (κ1) is 17.8. The predicted octanol–water partition coefficient (Wildman–Crippen LogP) is 1.93. The van der Waals surface area contributed by atoms with Gasteiger partial charge in [-0.15, -0.1) is 0 Å². The van der Waals surface area contributed by atoms with Crippen LogP contribution in [0.2, 0.25) is 0 Å². The van der Waals surface area contributed by atoms with Crippen molar-refractivity contribution in [2.24, 2.45) is 5.73 Å². The lowest BCUT2D eigenvalue weighted by Crippen LogP contribution is -2.41. The molecule has 0 heterocycles. The van der Waals surface area contributed by atoms with Crippen LogP contribution in [0, 0.1) is 0 Å². The average Bonchev–Trinajstić information content (AvgIpc) is 2.35. The molecule has 6 heteroatoms. The fourth-order valence-corrected chi connectivity index (χ4v) is 1.11. The van der Waals surface area contributed by atoms with E-state index in [2.05, 4.69) is 15.9 Å². The topological polar surface area (TPSA) is 89.6 Å². The van der Waals surface area contributed by atoms with Crippen molar-refractivity contribution in [1.82, 2.24) is 0 Å². The molecule has 1 aromatic carbocycles. The highest BCUT2D eigenvalue weighted by Crippen LogP contribution is 2.05. The summed E-state index contributed by atoms with van der Waals surface area (Å²) in [6.07, 6.45) is -0.497. The van der Waals surface area contributed by atoms with E-state index in [1.165, 1.54) is 6.92 Å². The number of ether oxygens (including phenoxy) is 1. The fraction of sp³-hybridized carbons (Fsp3) is 0.385. The number of hydrogen-bond acceptors (Lipinski definition) is 4. The largest absolute Gasteiger partial charge is 0.480 e. The van der Waals surface area contributed by atoms with Crippen LogP contribution in [0.25, 0.3) is 0 Å². The van der Waals surface area contributed by atoms with Crippen LogP contribution in [0.3, 0.4) is 0 Å². The molecule has 0 bridgehead atoms. The maximum absolute atomic E-state index is 10.5. The second kappa shape index (κ2) is 9.66. The maximum Gasteiger partial charge on any atom is 0.323 e. The molecule has 0 amide bonds. The van der Waals surface area contributed by atoms with Crippen LogP contribution in [-0.2, 0) is 20.9 Å². The van der Waals surface area contributed by atoms with E-state index in [0.29, 0.717) is 6.61 Å². The molecule has 106 valence electrons. The quantitative estimate of drug-likeness (QED) is 0.804. The molecule has 0 aromatic heterocycles. The first-order valence-electron chi connectivity index (χ1n) is 5.64. The van der Waals surface area contributed by atoms with Crippen molar-refractivity contribution < 1.29 is 19.4 Å². The smallest absolute Gasteiger partial charge is 0.323 e. The Morgan fingerprint density at radius 3 is 2.26 bits per heavy atom. The van der Waals surface area contributed by atoms with Crippen molar-refractivity contribution >= 4 is 26.6 Å². The van der Waals surface area contributed by atoms with Crippen molar-refractivity contribution in [2.45, 2.75) is 32.6 Å². The summed E-state index contributed by atoms with van der Waals surface area (Å²) >= 11 is 2.63. The number of nitrogens with two attached hydrogens (primary N) is 1. The van der Waals surface area contributed by atoms with Crippen LogP contribution in [0.5, 0.6) is 0 Å². The SMILES string of the molecule is CC(=O)Br.C[C@@H](OCc1ccccc1)[C@H](N)C(=O)O. The third kappa shape index (κ3) is 9.35. The van der Waals surface area contributed by atoms with Gasteiger partial charge >= 0.3 is 5.97 Å². The van der Waals surface area contributed by atoms with Gasteiger partial charge in [0.15, 0.2) is 4.69 Å². The number of carboxylic acids is 1. The number of hydrogen-bond donors (Lipinski definition) is 2. The Bertz CT molecular complexity index is 393. The molecule has 1 rings (SSSR count). The fourth-order valence-electron chi connectivity index (χ4n) is 1.11. The van der Waals surface area contributed by atoms with Crippen LogP contribution in [0.15, 0.2) is 30.3 Å². The van der Waals surface area contributed by atoms with E-state index in [9.17, 15) is 9.59 Å². The summed E-state index contributed by atoms with van der Waals surface area (Å²) in [6.45, 7) is 3.48. The van der Waals surface area contributed by atoms with Gasteiger partial charge in [0.05, 0.1) is 12.7 Å². The Labute approximate surface area is 120 Å². The van der Waals surface area contributed by atoms with E-state index in [1.54, 1.807) is 6.92 Å². The molecular formula is C13H18BrNO4. The van der Waals surface area contributed by atoms with Gasteiger partial charge in [-0.25, -0.2) is 0 Å². The summed E-state index contributed by atoms with van der Waals surface area (Å²) in [5, 5.41) is 8.64. The van der Waals surface area contributed by atoms with Gasteiger partial charge < -0.3 is 15.6 Å². The van der Waals surface area contributed by atoms with Crippen LogP contribution in [0.1, 0.15) is 19.4 Å². The zero-order chi connectivity index (χ0) is 14.8. The molecule has 0 saturated heterocycles.